The average molecular weight is 516 g/mol. The van der Waals surface area contributed by atoms with Gasteiger partial charge < -0.3 is 4.90 Å². The van der Waals surface area contributed by atoms with Gasteiger partial charge in [0.2, 0.25) is 16.0 Å². The number of nitriles is 1. The Labute approximate surface area is 216 Å². The topological polar surface area (TPSA) is 107 Å². The zero-order chi connectivity index (χ0) is 25.6. The zero-order valence-corrected chi connectivity index (χ0v) is 21.6. The Morgan fingerprint density at radius 2 is 1.73 bits per heavy atom. The van der Waals surface area contributed by atoms with E-state index in [1.54, 1.807) is 18.2 Å². The number of hydrogen-bond acceptors (Lipinski definition) is 7. The van der Waals surface area contributed by atoms with Crippen molar-refractivity contribution in [3.8, 4) is 6.07 Å². The highest BCUT2D eigenvalue weighted by Crippen LogP contribution is 2.35. The smallest absolute Gasteiger partial charge is 0.244 e. The van der Waals surface area contributed by atoms with Crippen LogP contribution in [0.1, 0.15) is 56.3 Å². The minimum Gasteiger partial charge on any atom is -0.339 e. The first-order valence-electron chi connectivity index (χ1n) is 12.9. The van der Waals surface area contributed by atoms with E-state index in [0.29, 0.717) is 25.6 Å². The molecule has 1 aliphatic heterocycles. The summed E-state index contributed by atoms with van der Waals surface area (Å²) in [6.45, 7) is 3.14. The zero-order valence-electron chi connectivity index (χ0n) is 20.8. The molecule has 6 rings (SSSR count). The third-order valence-corrected chi connectivity index (χ3v) is 9.74. The van der Waals surface area contributed by atoms with Crippen LogP contribution >= 0.6 is 0 Å². The maximum Gasteiger partial charge on any atom is 0.244 e. The van der Waals surface area contributed by atoms with Crippen LogP contribution in [0, 0.1) is 11.3 Å². The van der Waals surface area contributed by atoms with E-state index in [1.165, 1.54) is 29.6 Å². The van der Waals surface area contributed by atoms with Crippen LogP contribution in [0.3, 0.4) is 0 Å². The van der Waals surface area contributed by atoms with Gasteiger partial charge in [0.05, 0.1) is 16.0 Å². The molecule has 0 bridgehead atoms. The molecule has 0 radical (unpaired) electrons. The predicted octanol–water partition coefficient (Wildman–Crippen LogP) is 4.10. The van der Waals surface area contributed by atoms with Gasteiger partial charge in [-0.3, -0.25) is 0 Å². The molecule has 2 fully saturated rings. The third-order valence-electron chi connectivity index (χ3n) is 7.67. The van der Waals surface area contributed by atoms with Gasteiger partial charge >= 0.3 is 0 Å². The molecule has 2 aliphatic rings. The third kappa shape index (κ3) is 4.03. The molecule has 0 amide bonds. The van der Waals surface area contributed by atoms with E-state index < -0.39 is 10.0 Å². The van der Waals surface area contributed by atoms with Crippen molar-refractivity contribution in [2.24, 2.45) is 0 Å². The van der Waals surface area contributed by atoms with Gasteiger partial charge in [-0.05, 0) is 44.0 Å². The number of hydrogen-bond donors (Lipinski definition) is 0. The van der Waals surface area contributed by atoms with Gasteiger partial charge in [-0.15, -0.1) is 10.2 Å². The number of benzene rings is 2. The number of para-hydroxylation sites is 1. The Balaban J connectivity index is 1.39. The summed E-state index contributed by atoms with van der Waals surface area (Å²) < 4.78 is 30.7. The summed E-state index contributed by atoms with van der Waals surface area (Å²) in [6.07, 6.45) is 5.81. The summed E-state index contributed by atoms with van der Waals surface area (Å²) >= 11 is 0. The maximum atomic E-state index is 13.5. The van der Waals surface area contributed by atoms with Crippen molar-refractivity contribution >= 4 is 32.5 Å². The highest BCUT2D eigenvalue weighted by atomic mass is 32.2. The highest BCUT2D eigenvalue weighted by molar-refractivity contribution is 7.89. The Morgan fingerprint density at radius 1 is 0.973 bits per heavy atom. The summed E-state index contributed by atoms with van der Waals surface area (Å²) in [4.78, 5) is 7.27. The van der Waals surface area contributed by atoms with Crippen molar-refractivity contribution in [2.75, 3.05) is 24.5 Å². The molecule has 2 aromatic heterocycles. The number of piperazine rings is 1. The van der Waals surface area contributed by atoms with Crippen LogP contribution in [-0.4, -0.2) is 58.0 Å². The molecule has 9 nitrogen and oxygen atoms in total. The SMILES string of the molecule is CC1CN(c2nc3ccccc3c3nnc(C4CCCCC4)n23)CCN1S(=O)(=O)c1ccccc1C#N. The minimum atomic E-state index is -3.82. The quantitative estimate of drug-likeness (QED) is 0.403. The van der Waals surface area contributed by atoms with Crippen LogP contribution in [0.15, 0.2) is 53.4 Å². The number of aromatic nitrogens is 4. The van der Waals surface area contributed by atoms with Crippen LogP contribution in [0.2, 0.25) is 0 Å². The molecule has 1 atom stereocenters. The van der Waals surface area contributed by atoms with Gasteiger partial charge in [0.1, 0.15) is 11.9 Å². The summed E-state index contributed by atoms with van der Waals surface area (Å²) in [5.41, 5.74) is 1.81. The number of anilines is 1. The molecule has 3 heterocycles. The monoisotopic (exact) mass is 515 g/mol. The minimum absolute atomic E-state index is 0.0578. The Kier molecular flexibility index (Phi) is 6.05. The number of nitrogens with zero attached hydrogens (tertiary/aromatic N) is 7. The first-order valence-corrected chi connectivity index (χ1v) is 14.3. The fraction of sp³-hybridized carbons (Fsp3) is 0.407. The highest BCUT2D eigenvalue weighted by Gasteiger charge is 2.36. The molecule has 1 aliphatic carbocycles. The van der Waals surface area contributed by atoms with Crippen molar-refractivity contribution in [3.63, 3.8) is 0 Å². The van der Waals surface area contributed by atoms with Crippen molar-refractivity contribution in [2.45, 2.75) is 55.9 Å². The van der Waals surface area contributed by atoms with Crippen molar-refractivity contribution in [1.29, 1.82) is 5.26 Å². The molecular formula is C27H29N7O2S. The lowest BCUT2D eigenvalue weighted by molar-refractivity contribution is 0.304. The van der Waals surface area contributed by atoms with E-state index >= 15 is 0 Å². The summed E-state index contributed by atoms with van der Waals surface area (Å²) in [5, 5.41) is 19.7. The molecule has 1 saturated carbocycles. The van der Waals surface area contributed by atoms with Crippen LogP contribution in [0.4, 0.5) is 5.95 Å². The van der Waals surface area contributed by atoms with Gasteiger partial charge in [-0.25, -0.2) is 17.8 Å². The van der Waals surface area contributed by atoms with Gasteiger partial charge in [0.15, 0.2) is 5.65 Å². The van der Waals surface area contributed by atoms with Crippen molar-refractivity contribution < 1.29 is 8.42 Å². The molecule has 4 aromatic rings. The second-order valence-electron chi connectivity index (χ2n) is 10.00. The first kappa shape index (κ1) is 23.8. The second kappa shape index (κ2) is 9.39. The van der Waals surface area contributed by atoms with E-state index in [4.69, 9.17) is 4.98 Å². The molecular weight excluding hydrogens is 486 g/mol. The Bertz CT molecular complexity index is 1620. The molecule has 1 saturated heterocycles. The lowest BCUT2D eigenvalue weighted by Gasteiger charge is -2.39. The number of fused-ring (bicyclic) bond motifs is 3. The maximum absolute atomic E-state index is 13.5. The van der Waals surface area contributed by atoms with Crippen molar-refractivity contribution in [3.05, 3.63) is 59.9 Å². The summed E-state index contributed by atoms with van der Waals surface area (Å²) in [6, 6.07) is 16.1. The van der Waals surface area contributed by atoms with Crippen LogP contribution in [-0.2, 0) is 10.0 Å². The predicted molar refractivity (Wildman–Crippen MR) is 141 cm³/mol. The number of sulfonamides is 1. The largest absolute Gasteiger partial charge is 0.339 e. The normalized spacial score (nSPS) is 19.9. The lowest BCUT2D eigenvalue weighted by Crippen LogP contribution is -2.54. The van der Waals surface area contributed by atoms with Gasteiger partial charge in [-0.1, -0.05) is 43.5 Å². The molecule has 10 heteroatoms. The van der Waals surface area contributed by atoms with E-state index in [2.05, 4.69) is 19.5 Å². The summed E-state index contributed by atoms with van der Waals surface area (Å²) in [7, 11) is -3.82. The van der Waals surface area contributed by atoms with E-state index in [-0.39, 0.29) is 16.5 Å². The molecule has 0 N–H and O–H groups in total. The molecule has 1 unspecified atom stereocenters. The van der Waals surface area contributed by atoms with E-state index in [9.17, 15) is 13.7 Å². The van der Waals surface area contributed by atoms with E-state index in [0.717, 1.165) is 41.2 Å². The van der Waals surface area contributed by atoms with Crippen LogP contribution in [0.25, 0.3) is 16.6 Å². The van der Waals surface area contributed by atoms with E-state index in [1.807, 2.05) is 37.3 Å². The second-order valence-corrected chi connectivity index (χ2v) is 11.9. The van der Waals surface area contributed by atoms with Gasteiger partial charge in [0.25, 0.3) is 0 Å². The fourth-order valence-electron chi connectivity index (χ4n) is 5.81. The lowest BCUT2D eigenvalue weighted by atomic mass is 9.89. The molecule has 2 aromatic carbocycles. The Morgan fingerprint density at radius 3 is 2.51 bits per heavy atom. The fourth-order valence-corrected chi connectivity index (χ4v) is 7.57. The number of rotatable bonds is 4. The summed E-state index contributed by atoms with van der Waals surface area (Å²) in [5.74, 6) is 2.06. The molecule has 37 heavy (non-hydrogen) atoms. The average Bonchev–Trinajstić information content (AvgIpc) is 3.38. The Hall–Kier alpha value is -3.55. The van der Waals surface area contributed by atoms with Crippen LogP contribution in [0.5, 0.6) is 0 Å². The standard InChI is InChI=1S/C27H29N7O2S/c1-19-18-32(15-16-33(19)37(35,36)24-14-8-5-11-21(24)17-28)27-29-23-13-7-6-12-22(23)26-31-30-25(34(26)27)20-9-3-2-4-10-20/h5-8,11-14,19-20H,2-4,9-10,15-16,18H2,1H3. The van der Waals surface area contributed by atoms with Crippen molar-refractivity contribution in [1.82, 2.24) is 23.9 Å². The molecule has 190 valence electrons. The van der Waals surface area contributed by atoms with Gasteiger partial charge in [-0.2, -0.15) is 9.57 Å². The van der Waals surface area contributed by atoms with Gasteiger partial charge in [0, 0.05) is 37.0 Å². The first-order chi connectivity index (χ1) is 18.0. The van der Waals surface area contributed by atoms with Crippen LogP contribution < -0.4 is 4.90 Å². The molecule has 0 spiro atoms.